The molecule has 23 heavy (non-hydrogen) atoms. The minimum atomic E-state index is 0.180. The standard InChI is InChI=1S/C17H14BrN3OS/c1-9-16(10-6-7-12(18)14(22)8-10)23-17(21-9)15(20)11-4-2-3-5-13(11)19/h2-8,20,22H,19H2,1H3. The number of para-hydroxylation sites is 1. The largest absolute Gasteiger partial charge is 0.507 e. The number of nitrogens with zero attached hydrogens (tertiary/aromatic N) is 1. The van der Waals surface area contributed by atoms with E-state index in [1.165, 1.54) is 11.3 Å². The van der Waals surface area contributed by atoms with Gasteiger partial charge in [-0.3, -0.25) is 5.41 Å². The minimum Gasteiger partial charge on any atom is -0.507 e. The monoisotopic (exact) mass is 387 g/mol. The van der Waals surface area contributed by atoms with Gasteiger partial charge in [0.2, 0.25) is 0 Å². The summed E-state index contributed by atoms with van der Waals surface area (Å²) >= 11 is 4.70. The maximum Gasteiger partial charge on any atom is 0.142 e. The lowest BCUT2D eigenvalue weighted by Gasteiger charge is -2.04. The van der Waals surface area contributed by atoms with Gasteiger partial charge >= 0.3 is 0 Å². The van der Waals surface area contributed by atoms with E-state index in [-0.39, 0.29) is 5.75 Å². The van der Waals surface area contributed by atoms with Gasteiger partial charge in [-0.1, -0.05) is 24.3 Å². The van der Waals surface area contributed by atoms with Crippen LogP contribution in [0.4, 0.5) is 5.69 Å². The second kappa shape index (κ2) is 6.14. The summed E-state index contributed by atoms with van der Waals surface area (Å²) in [4.78, 5) is 5.43. The Bertz CT molecular complexity index is 905. The van der Waals surface area contributed by atoms with E-state index in [0.717, 1.165) is 16.1 Å². The number of aryl methyl sites for hydroxylation is 1. The van der Waals surface area contributed by atoms with Crippen molar-refractivity contribution in [2.45, 2.75) is 6.92 Å². The summed E-state index contributed by atoms with van der Waals surface area (Å²) in [5, 5.41) is 18.8. The van der Waals surface area contributed by atoms with Gasteiger partial charge in [-0.05, 0) is 46.6 Å². The number of phenolic OH excluding ortho intramolecular Hbond substituents is 1. The van der Waals surface area contributed by atoms with E-state index in [1.54, 1.807) is 18.2 Å². The molecule has 1 aromatic heterocycles. The van der Waals surface area contributed by atoms with Crippen LogP contribution < -0.4 is 5.73 Å². The molecule has 1 heterocycles. The molecular weight excluding hydrogens is 374 g/mol. The quantitative estimate of drug-likeness (QED) is 0.454. The lowest BCUT2D eigenvalue weighted by atomic mass is 10.1. The number of nitrogens with two attached hydrogens (primary N) is 1. The zero-order chi connectivity index (χ0) is 16.6. The van der Waals surface area contributed by atoms with Crippen molar-refractivity contribution in [2.75, 3.05) is 5.73 Å². The normalized spacial score (nSPS) is 10.7. The first-order chi connectivity index (χ1) is 11.0. The molecule has 0 unspecified atom stereocenters. The lowest BCUT2D eigenvalue weighted by Crippen LogP contribution is -2.04. The summed E-state index contributed by atoms with van der Waals surface area (Å²) in [7, 11) is 0. The van der Waals surface area contributed by atoms with Crippen molar-refractivity contribution in [3.63, 3.8) is 0 Å². The second-order valence-electron chi connectivity index (χ2n) is 5.06. The highest BCUT2D eigenvalue weighted by atomic mass is 79.9. The Morgan fingerprint density at radius 1 is 1.26 bits per heavy atom. The molecule has 3 rings (SSSR count). The fourth-order valence-corrected chi connectivity index (χ4v) is 3.54. The number of hydrogen-bond donors (Lipinski definition) is 3. The van der Waals surface area contributed by atoms with E-state index >= 15 is 0 Å². The Hall–Kier alpha value is -2.18. The van der Waals surface area contributed by atoms with E-state index in [4.69, 9.17) is 11.1 Å². The number of benzene rings is 2. The van der Waals surface area contributed by atoms with Gasteiger partial charge in [-0.2, -0.15) is 0 Å². The van der Waals surface area contributed by atoms with Crippen LogP contribution in [-0.2, 0) is 0 Å². The number of halogens is 1. The number of nitrogens with one attached hydrogen (secondary N) is 1. The molecule has 0 amide bonds. The van der Waals surface area contributed by atoms with Crippen molar-refractivity contribution in [1.29, 1.82) is 5.41 Å². The first kappa shape index (κ1) is 15.7. The van der Waals surface area contributed by atoms with Gasteiger partial charge in [0.05, 0.1) is 20.8 Å². The summed E-state index contributed by atoms with van der Waals surface area (Å²) in [6.45, 7) is 1.90. The van der Waals surface area contributed by atoms with Crippen LogP contribution in [0.3, 0.4) is 0 Å². The van der Waals surface area contributed by atoms with Crippen molar-refractivity contribution >= 4 is 38.7 Å². The highest BCUT2D eigenvalue weighted by Crippen LogP contribution is 2.35. The average molecular weight is 388 g/mol. The Kier molecular flexibility index (Phi) is 4.19. The molecule has 0 aliphatic carbocycles. The molecular formula is C17H14BrN3OS. The predicted octanol–water partition coefficient (Wildman–Crippen LogP) is 4.58. The second-order valence-corrected chi connectivity index (χ2v) is 6.92. The number of phenols is 1. The molecule has 4 N–H and O–H groups in total. The Morgan fingerprint density at radius 3 is 2.70 bits per heavy atom. The molecule has 0 saturated heterocycles. The first-order valence-electron chi connectivity index (χ1n) is 6.87. The third kappa shape index (κ3) is 3.00. The Labute approximate surface area is 146 Å². The van der Waals surface area contributed by atoms with Gasteiger partial charge in [0, 0.05) is 11.3 Å². The van der Waals surface area contributed by atoms with Gasteiger partial charge < -0.3 is 10.8 Å². The zero-order valence-corrected chi connectivity index (χ0v) is 14.7. The molecule has 116 valence electrons. The molecule has 2 aromatic carbocycles. The maximum atomic E-state index is 9.86. The van der Waals surface area contributed by atoms with Crippen molar-refractivity contribution in [3.8, 4) is 16.2 Å². The molecule has 0 bridgehead atoms. The van der Waals surface area contributed by atoms with Gasteiger partial charge in [0.15, 0.2) is 0 Å². The van der Waals surface area contributed by atoms with E-state index in [2.05, 4.69) is 20.9 Å². The van der Waals surface area contributed by atoms with Gasteiger partial charge in [0.25, 0.3) is 0 Å². The fourth-order valence-electron chi connectivity index (χ4n) is 2.26. The fraction of sp³-hybridized carbons (Fsp3) is 0.0588. The highest BCUT2D eigenvalue weighted by molar-refractivity contribution is 9.10. The molecule has 4 nitrogen and oxygen atoms in total. The van der Waals surface area contributed by atoms with E-state index in [9.17, 15) is 5.11 Å². The molecule has 0 spiro atoms. The van der Waals surface area contributed by atoms with Gasteiger partial charge in [-0.15, -0.1) is 11.3 Å². The number of nitrogen functional groups attached to an aromatic ring is 1. The van der Waals surface area contributed by atoms with Crippen LogP contribution in [0.1, 0.15) is 16.3 Å². The lowest BCUT2D eigenvalue weighted by molar-refractivity contribution is 0.472. The van der Waals surface area contributed by atoms with E-state index in [0.29, 0.717) is 26.4 Å². The molecule has 0 saturated carbocycles. The highest BCUT2D eigenvalue weighted by Gasteiger charge is 2.16. The molecule has 0 aliphatic heterocycles. The number of aromatic hydroxyl groups is 1. The van der Waals surface area contributed by atoms with Crippen LogP contribution in [0.5, 0.6) is 5.75 Å². The molecule has 0 aliphatic rings. The molecule has 0 atom stereocenters. The SMILES string of the molecule is Cc1nc(C(=N)c2ccccc2N)sc1-c1ccc(Br)c(O)c1. The van der Waals surface area contributed by atoms with E-state index < -0.39 is 0 Å². The number of aromatic nitrogens is 1. The van der Waals surface area contributed by atoms with Crippen LogP contribution >= 0.6 is 27.3 Å². The van der Waals surface area contributed by atoms with Crippen LogP contribution in [0, 0.1) is 12.3 Å². The number of thiazole rings is 1. The summed E-state index contributed by atoms with van der Waals surface area (Å²) in [5.41, 5.74) is 9.19. The van der Waals surface area contributed by atoms with Crippen LogP contribution in [0.2, 0.25) is 0 Å². The minimum absolute atomic E-state index is 0.180. The Balaban J connectivity index is 2.03. The number of hydrogen-bond acceptors (Lipinski definition) is 5. The molecule has 0 radical (unpaired) electrons. The molecule has 6 heteroatoms. The van der Waals surface area contributed by atoms with Crippen molar-refractivity contribution in [2.24, 2.45) is 0 Å². The van der Waals surface area contributed by atoms with Crippen molar-refractivity contribution in [3.05, 3.63) is 63.2 Å². The summed E-state index contributed by atoms with van der Waals surface area (Å²) in [6, 6.07) is 12.7. The Morgan fingerprint density at radius 2 is 2.00 bits per heavy atom. The van der Waals surface area contributed by atoms with Gasteiger partial charge in [0.1, 0.15) is 10.8 Å². The first-order valence-corrected chi connectivity index (χ1v) is 8.48. The number of rotatable bonds is 3. The third-order valence-corrected chi connectivity index (χ3v) is 5.34. The van der Waals surface area contributed by atoms with Crippen molar-refractivity contribution in [1.82, 2.24) is 4.98 Å². The third-order valence-electron chi connectivity index (χ3n) is 3.45. The average Bonchev–Trinajstić information content (AvgIpc) is 2.92. The van der Waals surface area contributed by atoms with Crippen molar-refractivity contribution < 1.29 is 5.11 Å². The summed E-state index contributed by atoms with van der Waals surface area (Å²) in [5.74, 6) is 0.180. The van der Waals surface area contributed by atoms with Gasteiger partial charge in [-0.25, -0.2) is 4.98 Å². The zero-order valence-electron chi connectivity index (χ0n) is 12.3. The van der Waals surface area contributed by atoms with Crippen LogP contribution in [0.15, 0.2) is 46.9 Å². The smallest absolute Gasteiger partial charge is 0.142 e. The predicted molar refractivity (Wildman–Crippen MR) is 98.4 cm³/mol. The number of anilines is 1. The summed E-state index contributed by atoms with van der Waals surface area (Å²) in [6.07, 6.45) is 0. The van der Waals surface area contributed by atoms with E-state index in [1.807, 2.05) is 31.2 Å². The topological polar surface area (TPSA) is 83.0 Å². The van der Waals surface area contributed by atoms with Crippen LogP contribution in [0.25, 0.3) is 10.4 Å². The molecule has 3 aromatic rings. The van der Waals surface area contributed by atoms with Crippen LogP contribution in [-0.4, -0.2) is 15.8 Å². The maximum absolute atomic E-state index is 9.86. The summed E-state index contributed by atoms with van der Waals surface area (Å²) < 4.78 is 0.647. The molecule has 0 fully saturated rings.